The summed E-state index contributed by atoms with van der Waals surface area (Å²) in [5, 5.41) is 11.1. The number of rotatable bonds is 5. The second-order valence-electron chi connectivity index (χ2n) is 5.43. The fraction of sp³-hybridized carbons (Fsp3) is 0.222. The van der Waals surface area contributed by atoms with Gasteiger partial charge in [-0.1, -0.05) is 59.2 Å². The van der Waals surface area contributed by atoms with E-state index in [2.05, 4.69) is 21.7 Å². The van der Waals surface area contributed by atoms with Crippen molar-refractivity contribution in [3.05, 3.63) is 63.6 Å². The van der Waals surface area contributed by atoms with Gasteiger partial charge in [-0.25, -0.2) is 0 Å². The number of benzene rings is 2. The molecule has 0 N–H and O–H groups in total. The van der Waals surface area contributed by atoms with Gasteiger partial charge in [0.1, 0.15) is 0 Å². The van der Waals surface area contributed by atoms with Crippen LogP contribution in [0.25, 0.3) is 11.4 Å². The first-order valence-electron chi connectivity index (χ1n) is 7.65. The molecule has 0 saturated heterocycles. The van der Waals surface area contributed by atoms with Crippen molar-refractivity contribution in [2.45, 2.75) is 31.3 Å². The largest absolute Gasteiger partial charge is 0.302 e. The van der Waals surface area contributed by atoms with Crippen LogP contribution in [0.15, 0.2) is 47.6 Å². The summed E-state index contributed by atoms with van der Waals surface area (Å²) >= 11 is 13.8. The maximum atomic E-state index is 6.25. The molecule has 0 saturated carbocycles. The standard InChI is InChI=1S/C18H17Cl2N3S/c1-3-23-17(14-7-4-12(2)16(20)10-14)21-22-18(23)24-11-13-5-8-15(19)9-6-13/h4-10H,3,11H2,1-2H3. The zero-order valence-corrected chi connectivity index (χ0v) is 15.8. The Balaban J connectivity index is 1.83. The summed E-state index contributed by atoms with van der Waals surface area (Å²) in [6, 6.07) is 13.9. The molecule has 3 rings (SSSR count). The van der Waals surface area contributed by atoms with E-state index in [-0.39, 0.29) is 0 Å². The molecule has 1 heterocycles. The lowest BCUT2D eigenvalue weighted by atomic mass is 10.1. The van der Waals surface area contributed by atoms with Crippen molar-refractivity contribution < 1.29 is 0 Å². The van der Waals surface area contributed by atoms with Crippen LogP contribution in [-0.2, 0) is 12.3 Å². The fourth-order valence-electron chi connectivity index (χ4n) is 2.35. The summed E-state index contributed by atoms with van der Waals surface area (Å²) in [7, 11) is 0. The highest BCUT2D eigenvalue weighted by molar-refractivity contribution is 7.98. The van der Waals surface area contributed by atoms with E-state index in [4.69, 9.17) is 23.2 Å². The normalized spacial score (nSPS) is 11.0. The average molecular weight is 378 g/mol. The molecule has 0 atom stereocenters. The van der Waals surface area contributed by atoms with Crippen LogP contribution in [-0.4, -0.2) is 14.8 Å². The highest BCUT2D eigenvalue weighted by atomic mass is 35.5. The van der Waals surface area contributed by atoms with Gasteiger partial charge in [-0.05, 0) is 43.2 Å². The van der Waals surface area contributed by atoms with Gasteiger partial charge in [0.05, 0.1) is 0 Å². The lowest BCUT2D eigenvalue weighted by Gasteiger charge is -2.08. The minimum atomic E-state index is 0.744. The summed E-state index contributed by atoms with van der Waals surface area (Å²) in [5.74, 6) is 1.67. The van der Waals surface area contributed by atoms with E-state index in [1.165, 1.54) is 5.56 Å². The molecule has 3 aromatic rings. The summed E-state index contributed by atoms with van der Waals surface area (Å²) in [6.45, 7) is 4.88. The molecule has 0 bridgehead atoms. The van der Waals surface area contributed by atoms with Crippen LogP contribution in [0.4, 0.5) is 0 Å². The van der Waals surface area contributed by atoms with Crippen molar-refractivity contribution >= 4 is 35.0 Å². The minimum absolute atomic E-state index is 0.744. The van der Waals surface area contributed by atoms with Crippen LogP contribution in [0, 0.1) is 6.92 Å². The SMILES string of the molecule is CCn1c(SCc2ccc(Cl)cc2)nnc1-c1ccc(C)c(Cl)c1. The number of aryl methyl sites for hydroxylation is 1. The monoisotopic (exact) mass is 377 g/mol. The van der Waals surface area contributed by atoms with Gasteiger partial charge in [-0.3, -0.25) is 0 Å². The van der Waals surface area contributed by atoms with E-state index < -0.39 is 0 Å². The van der Waals surface area contributed by atoms with E-state index in [1.54, 1.807) is 11.8 Å². The van der Waals surface area contributed by atoms with Gasteiger partial charge in [-0.2, -0.15) is 0 Å². The fourth-order valence-corrected chi connectivity index (χ4v) is 3.62. The quantitative estimate of drug-likeness (QED) is 0.520. The van der Waals surface area contributed by atoms with E-state index in [0.29, 0.717) is 0 Å². The van der Waals surface area contributed by atoms with Crippen molar-refractivity contribution in [1.29, 1.82) is 0 Å². The predicted molar refractivity (Wildman–Crippen MR) is 102 cm³/mol. The molecule has 6 heteroatoms. The minimum Gasteiger partial charge on any atom is -0.302 e. The van der Waals surface area contributed by atoms with Gasteiger partial charge in [-0.15, -0.1) is 10.2 Å². The Morgan fingerprint density at radius 1 is 1.04 bits per heavy atom. The zero-order chi connectivity index (χ0) is 17.1. The van der Waals surface area contributed by atoms with E-state index >= 15 is 0 Å². The van der Waals surface area contributed by atoms with Crippen molar-refractivity contribution in [1.82, 2.24) is 14.8 Å². The summed E-state index contributed by atoms with van der Waals surface area (Å²) in [4.78, 5) is 0. The number of hydrogen-bond acceptors (Lipinski definition) is 3. The second-order valence-corrected chi connectivity index (χ2v) is 7.22. The predicted octanol–water partition coefficient (Wildman–Crippen LogP) is 5.87. The van der Waals surface area contributed by atoms with Crippen molar-refractivity contribution in [2.24, 2.45) is 0 Å². The van der Waals surface area contributed by atoms with E-state index in [9.17, 15) is 0 Å². The Kier molecular flexibility index (Phi) is 5.49. The molecule has 0 aliphatic heterocycles. The molecule has 24 heavy (non-hydrogen) atoms. The molecule has 0 aliphatic carbocycles. The van der Waals surface area contributed by atoms with Gasteiger partial charge in [0.15, 0.2) is 11.0 Å². The van der Waals surface area contributed by atoms with Crippen LogP contribution in [0.2, 0.25) is 10.0 Å². The van der Waals surface area contributed by atoms with Gasteiger partial charge in [0, 0.05) is 27.9 Å². The van der Waals surface area contributed by atoms with Crippen LogP contribution < -0.4 is 0 Å². The Hall–Kier alpha value is -1.49. The zero-order valence-electron chi connectivity index (χ0n) is 13.5. The molecule has 0 fully saturated rings. The first kappa shape index (κ1) is 17.3. The molecule has 2 aromatic carbocycles. The molecule has 0 radical (unpaired) electrons. The second kappa shape index (κ2) is 7.60. The Labute approximate surface area is 156 Å². The van der Waals surface area contributed by atoms with Gasteiger partial charge >= 0.3 is 0 Å². The van der Waals surface area contributed by atoms with Crippen molar-refractivity contribution in [2.75, 3.05) is 0 Å². The topological polar surface area (TPSA) is 30.7 Å². The number of halogens is 2. The van der Waals surface area contributed by atoms with E-state index in [1.807, 2.05) is 49.4 Å². The molecule has 3 nitrogen and oxygen atoms in total. The number of nitrogens with zero attached hydrogens (tertiary/aromatic N) is 3. The third-order valence-electron chi connectivity index (χ3n) is 3.74. The lowest BCUT2D eigenvalue weighted by Crippen LogP contribution is -2.00. The maximum absolute atomic E-state index is 6.25. The van der Waals surface area contributed by atoms with Crippen LogP contribution >= 0.6 is 35.0 Å². The van der Waals surface area contributed by atoms with Crippen LogP contribution in [0.5, 0.6) is 0 Å². The smallest absolute Gasteiger partial charge is 0.191 e. The highest BCUT2D eigenvalue weighted by Crippen LogP contribution is 2.29. The Morgan fingerprint density at radius 3 is 2.46 bits per heavy atom. The third kappa shape index (κ3) is 3.77. The van der Waals surface area contributed by atoms with Crippen molar-refractivity contribution in [3.63, 3.8) is 0 Å². The number of aromatic nitrogens is 3. The summed E-state index contributed by atoms with van der Waals surface area (Å²) in [6.07, 6.45) is 0. The van der Waals surface area contributed by atoms with Crippen LogP contribution in [0.1, 0.15) is 18.1 Å². The van der Waals surface area contributed by atoms with Gasteiger partial charge < -0.3 is 4.57 Å². The lowest BCUT2D eigenvalue weighted by molar-refractivity contribution is 0.687. The number of hydrogen-bond donors (Lipinski definition) is 0. The average Bonchev–Trinajstić information content (AvgIpc) is 3.00. The molecule has 0 spiro atoms. The maximum Gasteiger partial charge on any atom is 0.191 e. The Morgan fingerprint density at radius 2 is 1.79 bits per heavy atom. The highest BCUT2D eigenvalue weighted by Gasteiger charge is 2.14. The van der Waals surface area contributed by atoms with E-state index in [0.717, 1.165) is 44.5 Å². The first-order valence-corrected chi connectivity index (χ1v) is 9.39. The molecular weight excluding hydrogens is 361 g/mol. The van der Waals surface area contributed by atoms with Gasteiger partial charge in [0.25, 0.3) is 0 Å². The van der Waals surface area contributed by atoms with Gasteiger partial charge in [0.2, 0.25) is 0 Å². The molecule has 0 amide bonds. The molecule has 0 unspecified atom stereocenters. The summed E-state index contributed by atoms with van der Waals surface area (Å²) < 4.78 is 2.11. The van der Waals surface area contributed by atoms with Crippen LogP contribution in [0.3, 0.4) is 0 Å². The summed E-state index contributed by atoms with van der Waals surface area (Å²) in [5.41, 5.74) is 3.24. The molecule has 124 valence electrons. The molecular formula is C18H17Cl2N3S. The molecule has 1 aromatic heterocycles. The Bertz CT molecular complexity index is 844. The number of thioether (sulfide) groups is 1. The first-order chi connectivity index (χ1) is 11.6. The van der Waals surface area contributed by atoms with Crippen molar-refractivity contribution in [3.8, 4) is 11.4 Å². The molecule has 0 aliphatic rings. The third-order valence-corrected chi connectivity index (χ3v) is 5.44.